The Kier molecular flexibility index (Phi) is 11.2. The van der Waals surface area contributed by atoms with Gasteiger partial charge in [0.1, 0.15) is 17.2 Å². The van der Waals surface area contributed by atoms with Crippen LogP contribution in [-0.4, -0.2) is 77.2 Å². The minimum atomic E-state index is -4.38. The zero-order valence-electron chi connectivity index (χ0n) is 27.8. The van der Waals surface area contributed by atoms with Gasteiger partial charge in [-0.05, 0) is 61.0 Å². The Morgan fingerprint density at radius 3 is 2.20 bits per heavy atom. The highest BCUT2D eigenvalue weighted by atomic mass is 79.9. The number of aryl methyl sites for hydroxylation is 2. The number of fused-ring (bicyclic) bond motifs is 1. The van der Waals surface area contributed by atoms with Crippen molar-refractivity contribution < 1.29 is 32.2 Å². The minimum Gasteiger partial charge on any atom is -0.484 e. The predicted octanol–water partition coefficient (Wildman–Crippen LogP) is 7.43. The topological polar surface area (TPSA) is 80.1 Å². The van der Waals surface area contributed by atoms with Gasteiger partial charge in [0.2, 0.25) is 5.88 Å². The molecule has 1 aliphatic rings. The van der Waals surface area contributed by atoms with Gasteiger partial charge in [-0.25, -0.2) is 4.98 Å². The SMILES string of the molecule is Br.Cc1ccc(C(=O)N(C)c2ccc(Oc3ccc4cc(C(=O)N5CCN(Cc6ccc(OCC(F)(F)F)cc6)CC5)n(C)c4c3)nc2)cc1. The summed E-state index contributed by atoms with van der Waals surface area (Å²) in [5, 5.41) is 0.902. The molecule has 0 unspecified atom stereocenters. The number of pyridine rings is 1. The van der Waals surface area contributed by atoms with Gasteiger partial charge >= 0.3 is 6.18 Å². The van der Waals surface area contributed by atoms with Crippen molar-refractivity contribution in [3.05, 3.63) is 114 Å². The number of aromatic nitrogens is 2. The van der Waals surface area contributed by atoms with Crippen molar-refractivity contribution in [1.29, 1.82) is 0 Å². The molecule has 2 amide bonds. The molecule has 0 bridgehead atoms. The van der Waals surface area contributed by atoms with E-state index in [1.807, 2.05) is 59.8 Å². The van der Waals surface area contributed by atoms with Crippen molar-refractivity contribution in [2.75, 3.05) is 44.7 Å². The summed E-state index contributed by atoms with van der Waals surface area (Å²) >= 11 is 0. The van der Waals surface area contributed by atoms with Crippen LogP contribution in [0.1, 0.15) is 32.0 Å². The van der Waals surface area contributed by atoms with Gasteiger partial charge in [-0.3, -0.25) is 14.5 Å². The van der Waals surface area contributed by atoms with Gasteiger partial charge in [0.25, 0.3) is 11.8 Å². The first-order chi connectivity index (χ1) is 23.4. The number of benzene rings is 3. The van der Waals surface area contributed by atoms with Crippen molar-refractivity contribution in [3.8, 4) is 17.4 Å². The quantitative estimate of drug-likeness (QED) is 0.156. The molecule has 2 aromatic heterocycles. The van der Waals surface area contributed by atoms with Crippen molar-refractivity contribution in [1.82, 2.24) is 19.4 Å². The number of carbonyl (C=O) groups is 2. The third-order valence-corrected chi connectivity index (χ3v) is 8.56. The van der Waals surface area contributed by atoms with E-state index in [-0.39, 0.29) is 34.5 Å². The zero-order valence-corrected chi connectivity index (χ0v) is 29.5. The van der Waals surface area contributed by atoms with Gasteiger partial charge < -0.3 is 23.8 Å². The molecular weight excluding hydrogens is 715 g/mol. The van der Waals surface area contributed by atoms with E-state index in [4.69, 9.17) is 9.47 Å². The number of nitrogens with zero attached hydrogens (tertiary/aromatic N) is 5. The molecule has 0 N–H and O–H groups in total. The summed E-state index contributed by atoms with van der Waals surface area (Å²) in [7, 11) is 3.55. The molecule has 0 atom stereocenters. The summed E-state index contributed by atoms with van der Waals surface area (Å²) in [6.45, 7) is 3.71. The Hall–Kier alpha value is -4.88. The summed E-state index contributed by atoms with van der Waals surface area (Å²) in [6.07, 6.45) is -2.79. The average Bonchev–Trinajstić information content (AvgIpc) is 3.43. The minimum absolute atomic E-state index is 0. The molecule has 1 saturated heterocycles. The third kappa shape index (κ3) is 8.64. The average molecular weight is 753 g/mol. The van der Waals surface area contributed by atoms with Crippen molar-refractivity contribution >= 4 is 45.4 Å². The van der Waals surface area contributed by atoms with Crippen LogP contribution in [0.2, 0.25) is 0 Å². The molecule has 13 heteroatoms. The Morgan fingerprint density at radius 1 is 0.880 bits per heavy atom. The fraction of sp³-hybridized carbons (Fsp3) is 0.270. The summed E-state index contributed by atoms with van der Waals surface area (Å²) in [5.74, 6) is 0.904. The lowest BCUT2D eigenvalue weighted by atomic mass is 10.1. The van der Waals surface area contributed by atoms with Crippen molar-refractivity contribution in [2.45, 2.75) is 19.6 Å². The highest BCUT2D eigenvalue weighted by Crippen LogP contribution is 2.29. The maximum Gasteiger partial charge on any atom is 0.422 e. The van der Waals surface area contributed by atoms with Gasteiger partial charge in [0.15, 0.2) is 6.61 Å². The zero-order chi connectivity index (χ0) is 34.7. The first-order valence-electron chi connectivity index (χ1n) is 15.8. The number of anilines is 1. The Bertz CT molecular complexity index is 1940. The molecule has 0 spiro atoms. The number of ether oxygens (including phenoxy) is 2. The normalized spacial score (nSPS) is 13.5. The lowest BCUT2D eigenvalue weighted by Gasteiger charge is -2.34. The van der Waals surface area contributed by atoms with Crippen LogP contribution in [0.15, 0.2) is 91.1 Å². The maximum absolute atomic E-state index is 13.6. The predicted molar refractivity (Wildman–Crippen MR) is 191 cm³/mol. The lowest BCUT2D eigenvalue weighted by Crippen LogP contribution is -2.48. The second-order valence-electron chi connectivity index (χ2n) is 12.1. The van der Waals surface area contributed by atoms with E-state index >= 15 is 0 Å². The molecule has 3 aromatic carbocycles. The van der Waals surface area contributed by atoms with Gasteiger partial charge in [0.05, 0.1) is 17.4 Å². The number of hydrogen-bond donors (Lipinski definition) is 0. The standard InChI is InChI=1S/C37H36F3N5O4.BrH/c1-25-4-8-27(9-5-25)35(46)42(2)29-11-15-34(41-22-29)49-31-14-10-28-20-33(43(3)32(28)21-31)36(47)45-18-16-44(17-19-45)23-26-6-12-30(13-7-26)48-24-37(38,39)40;/h4-15,20-22H,16-19,23-24H2,1-3H3;1H. The first kappa shape index (κ1) is 36.4. The highest BCUT2D eigenvalue weighted by Gasteiger charge is 2.28. The molecule has 0 saturated carbocycles. The van der Waals surface area contributed by atoms with Crippen LogP contribution in [0.3, 0.4) is 0 Å². The molecular formula is C37H37BrF3N5O4. The van der Waals surface area contributed by atoms with E-state index in [0.29, 0.717) is 61.3 Å². The molecule has 0 radical (unpaired) electrons. The van der Waals surface area contributed by atoms with Crippen molar-refractivity contribution in [3.63, 3.8) is 0 Å². The number of carbonyl (C=O) groups excluding carboxylic acids is 2. The summed E-state index contributed by atoms with van der Waals surface area (Å²) in [6, 6.07) is 25.0. The lowest BCUT2D eigenvalue weighted by molar-refractivity contribution is -0.153. The van der Waals surface area contributed by atoms with Crippen LogP contribution < -0.4 is 14.4 Å². The molecule has 1 aliphatic heterocycles. The number of halogens is 4. The van der Waals surface area contributed by atoms with Crippen LogP contribution in [0.25, 0.3) is 10.9 Å². The summed E-state index contributed by atoms with van der Waals surface area (Å²) in [4.78, 5) is 36.4. The van der Waals surface area contributed by atoms with Gasteiger partial charge in [-0.2, -0.15) is 13.2 Å². The number of alkyl halides is 3. The van der Waals surface area contributed by atoms with E-state index in [1.165, 1.54) is 4.90 Å². The molecule has 50 heavy (non-hydrogen) atoms. The number of hydrogen-bond acceptors (Lipinski definition) is 6. The van der Waals surface area contributed by atoms with Gasteiger partial charge in [-0.15, -0.1) is 17.0 Å². The molecule has 5 aromatic rings. The van der Waals surface area contributed by atoms with Gasteiger partial charge in [-0.1, -0.05) is 29.8 Å². The molecule has 6 rings (SSSR count). The molecule has 1 fully saturated rings. The Labute approximate surface area is 298 Å². The van der Waals surface area contributed by atoms with Crippen LogP contribution in [0, 0.1) is 6.92 Å². The number of rotatable bonds is 9. The van der Waals surface area contributed by atoms with Crippen LogP contribution in [-0.2, 0) is 13.6 Å². The van der Waals surface area contributed by atoms with E-state index in [0.717, 1.165) is 22.0 Å². The van der Waals surface area contributed by atoms with Crippen molar-refractivity contribution in [2.24, 2.45) is 7.05 Å². The number of piperazine rings is 1. The van der Waals surface area contributed by atoms with E-state index in [1.54, 1.807) is 61.8 Å². The highest BCUT2D eigenvalue weighted by molar-refractivity contribution is 8.93. The third-order valence-electron chi connectivity index (χ3n) is 8.56. The monoisotopic (exact) mass is 751 g/mol. The fourth-order valence-corrected chi connectivity index (χ4v) is 5.72. The Balaban J connectivity index is 0.00000486. The largest absolute Gasteiger partial charge is 0.484 e. The molecule has 3 heterocycles. The first-order valence-corrected chi connectivity index (χ1v) is 15.8. The fourth-order valence-electron chi connectivity index (χ4n) is 5.72. The van der Waals surface area contributed by atoms with Gasteiger partial charge in [0, 0.05) is 69.9 Å². The van der Waals surface area contributed by atoms with E-state index in [9.17, 15) is 22.8 Å². The maximum atomic E-state index is 13.6. The smallest absolute Gasteiger partial charge is 0.422 e. The Morgan fingerprint density at radius 2 is 1.56 bits per heavy atom. The van der Waals surface area contributed by atoms with Crippen LogP contribution in [0.5, 0.6) is 17.4 Å². The van der Waals surface area contributed by atoms with Crippen LogP contribution >= 0.6 is 17.0 Å². The second kappa shape index (κ2) is 15.3. The molecule has 9 nitrogen and oxygen atoms in total. The van der Waals surface area contributed by atoms with E-state index < -0.39 is 12.8 Å². The number of amides is 2. The second-order valence-corrected chi connectivity index (χ2v) is 12.1. The molecule has 0 aliphatic carbocycles. The summed E-state index contributed by atoms with van der Waals surface area (Å²) < 4.78 is 49.9. The van der Waals surface area contributed by atoms with E-state index in [2.05, 4.69) is 9.88 Å². The van der Waals surface area contributed by atoms with Crippen LogP contribution in [0.4, 0.5) is 18.9 Å². The summed E-state index contributed by atoms with van der Waals surface area (Å²) in [5.41, 5.74) is 4.66. The molecule has 262 valence electrons.